The molecule has 0 saturated heterocycles. The molecule has 0 atom stereocenters. The van der Waals surface area contributed by atoms with E-state index in [1.165, 1.54) is 11.3 Å². The fourth-order valence-corrected chi connectivity index (χ4v) is 1.83. The summed E-state index contributed by atoms with van der Waals surface area (Å²) in [6.45, 7) is 1.07. The predicted octanol–water partition coefficient (Wildman–Crippen LogP) is 0.411. The third-order valence-electron chi connectivity index (χ3n) is 1.72. The first kappa shape index (κ1) is 11.7. The van der Waals surface area contributed by atoms with E-state index in [4.69, 9.17) is 10.8 Å². The molecule has 15 heavy (non-hydrogen) atoms. The topological polar surface area (TPSA) is 92.4 Å². The van der Waals surface area contributed by atoms with Crippen LogP contribution in [-0.2, 0) is 11.3 Å². The molecule has 0 aliphatic carbocycles. The van der Waals surface area contributed by atoms with Crippen molar-refractivity contribution in [2.24, 2.45) is 5.73 Å². The predicted molar refractivity (Wildman–Crippen MR) is 56.8 cm³/mol. The number of primary amides is 1. The number of hydrogen-bond acceptors (Lipinski definition) is 4. The van der Waals surface area contributed by atoms with E-state index in [1.807, 2.05) is 0 Å². The van der Waals surface area contributed by atoms with Crippen LogP contribution in [0.25, 0.3) is 0 Å². The number of carbonyl (C=O) groups excluding carboxylic acids is 1. The SMILES string of the molecule is NC(=O)CCNCc1ccc(C(=O)O)s1. The van der Waals surface area contributed by atoms with Crippen molar-refractivity contribution in [2.45, 2.75) is 13.0 Å². The van der Waals surface area contributed by atoms with Crippen LogP contribution in [0.5, 0.6) is 0 Å². The lowest BCUT2D eigenvalue weighted by Gasteiger charge is -1.99. The maximum atomic E-state index is 10.6. The lowest BCUT2D eigenvalue weighted by atomic mass is 10.4. The van der Waals surface area contributed by atoms with Gasteiger partial charge in [0.25, 0.3) is 0 Å². The molecule has 1 amide bonds. The van der Waals surface area contributed by atoms with Crippen molar-refractivity contribution in [2.75, 3.05) is 6.54 Å². The van der Waals surface area contributed by atoms with Gasteiger partial charge < -0.3 is 16.2 Å². The smallest absolute Gasteiger partial charge is 0.345 e. The van der Waals surface area contributed by atoms with Gasteiger partial charge >= 0.3 is 5.97 Å². The summed E-state index contributed by atoms with van der Waals surface area (Å²) in [6.07, 6.45) is 0.289. The van der Waals surface area contributed by atoms with Crippen molar-refractivity contribution in [3.63, 3.8) is 0 Å². The molecule has 0 bridgehead atoms. The summed E-state index contributed by atoms with van der Waals surface area (Å²) in [5.41, 5.74) is 4.96. The zero-order valence-electron chi connectivity index (χ0n) is 8.03. The third-order valence-corrected chi connectivity index (χ3v) is 2.79. The van der Waals surface area contributed by atoms with Gasteiger partial charge in [-0.2, -0.15) is 0 Å². The average Bonchev–Trinajstić information content (AvgIpc) is 2.60. The molecule has 0 fully saturated rings. The lowest BCUT2D eigenvalue weighted by molar-refractivity contribution is -0.117. The van der Waals surface area contributed by atoms with Gasteiger partial charge in [0, 0.05) is 24.4 Å². The molecule has 4 N–H and O–H groups in total. The van der Waals surface area contributed by atoms with Crippen molar-refractivity contribution in [3.8, 4) is 0 Å². The van der Waals surface area contributed by atoms with Crippen LogP contribution in [0.3, 0.4) is 0 Å². The van der Waals surface area contributed by atoms with Gasteiger partial charge in [0.15, 0.2) is 0 Å². The number of amides is 1. The molecular formula is C9H12N2O3S. The Labute approximate surface area is 90.9 Å². The van der Waals surface area contributed by atoms with Gasteiger partial charge in [0.05, 0.1) is 0 Å². The first-order chi connectivity index (χ1) is 7.09. The quantitative estimate of drug-likeness (QED) is 0.615. The molecule has 0 aliphatic heterocycles. The number of nitrogens with two attached hydrogens (primary N) is 1. The van der Waals surface area contributed by atoms with Crippen molar-refractivity contribution >= 4 is 23.2 Å². The minimum atomic E-state index is -0.914. The summed E-state index contributed by atoms with van der Waals surface area (Å²) in [5.74, 6) is -1.26. The van der Waals surface area contributed by atoms with Gasteiger partial charge in [-0.15, -0.1) is 11.3 Å². The Balaban J connectivity index is 2.31. The number of rotatable bonds is 6. The summed E-state index contributed by atoms with van der Waals surface area (Å²) in [4.78, 5) is 22.2. The van der Waals surface area contributed by atoms with E-state index in [9.17, 15) is 9.59 Å². The molecule has 0 saturated carbocycles. The van der Waals surface area contributed by atoms with Crippen LogP contribution in [0.2, 0.25) is 0 Å². The van der Waals surface area contributed by atoms with Crippen molar-refractivity contribution in [3.05, 3.63) is 21.9 Å². The molecule has 82 valence electrons. The molecule has 6 heteroatoms. The van der Waals surface area contributed by atoms with Gasteiger partial charge in [-0.25, -0.2) is 4.79 Å². The Morgan fingerprint density at radius 3 is 2.73 bits per heavy atom. The summed E-state index contributed by atoms with van der Waals surface area (Å²) in [7, 11) is 0. The maximum Gasteiger partial charge on any atom is 0.345 e. The van der Waals surface area contributed by atoms with Gasteiger partial charge in [0.1, 0.15) is 4.88 Å². The number of thiophene rings is 1. The Morgan fingerprint density at radius 2 is 2.20 bits per heavy atom. The van der Waals surface area contributed by atoms with Crippen LogP contribution < -0.4 is 11.1 Å². The second-order valence-corrected chi connectivity index (χ2v) is 4.13. The Hall–Kier alpha value is -1.40. The molecule has 0 unspecified atom stereocenters. The Kier molecular flexibility index (Phi) is 4.26. The molecule has 1 aromatic heterocycles. The van der Waals surface area contributed by atoms with E-state index in [1.54, 1.807) is 12.1 Å². The summed E-state index contributed by atoms with van der Waals surface area (Å²) < 4.78 is 0. The van der Waals surface area contributed by atoms with E-state index in [2.05, 4.69) is 5.32 Å². The molecule has 1 heterocycles. The second-order valence-electron chi connectivity index (χ2n) is 2.96. The fourth-order valence-electron chi connectivity index (χ4n) is 1.01. The van der Waals surface area contributed by atoms with Crippen molar-refractivity contribution in [1.82, 2.24) is 5.32 Å². The molecule has 0 aromatic carbocycles. The van der Waals surface area contributed by atoms with E-state index < -0.39 is 5.97 Å². The van der Waals surface area contributed by atoms with Crippen LogP contribution in [0.15, 0.2) is 12.1 Å². The molecule has 5 nitrogen and oxygen atoms in total. The average molecular weight is 228 g/mol. The zero-order valence-corrected chi connectivity index (χ0v) is 8.84. The Bertz CT molecular complexity index is 362. The van der Waals surface area contributed by atoms with Gasteiger partial charge in [-0.3, -0.25) is 4.79 Å². The largest absolute Gasteiger partial charge is 0.477 e. The summed E-state index contributed by atoms with van der Waals surface area (Å²) in [5, 5.41) is 11.7. The number of carbonyl (C=O) groups is 2. The van der Waals surface area contributed by atoms with Crippen LogP contribution in [0, 0.1) is 0 Å². The highest BCUT2D eigenvalue weighted by Crippen LogP contribution is 2.15. The number of nitrogens with one attached hydrogen (secondary N) is 1. The van der Waals surface area contributed by atoms with Gasteiger partial charge in [-0.05, 0) is 12.1 Å². The normalized spacial score (nSPS) is 10.1. The maximum absolute atomic E-state index is 10.6. The third kappa shape index (κ3) is 4.09. The van der Waals surface area contributed by atoms with E-state index in [-0.39, 0.29) is 12.3 Å². The second kappa shape index (κ2) is 5.47. The molecule has 1 aromatic rings. The first-order valence-corrected chi connectivity index (χ1v) is 5.22. The minimum Gasteiger partial charge on any atom is -0.477 e. The highest BCUT2D eigenvalue weighted by Gasteiger charge is 2.06. The van der Waals surface area contributed by atoms with E-state index >= 15 is 0 Å². The summed E-state index contributed by atoms with van der Waals surface area (Å²) >= 11 is 1.22. The monoisotopic (exact) mass is 228 g/mol. The van der Waals surface area contributed by atoms with Crippen molar-refractivity contribution < 1.29 is 14.7 Å². The molecule has 0 aliphatic rings. The van der Waals surface area contributed by atoms with Crippen molar-refractivity contribution in [1.29, 1.82) is 0 Å². The number of carboxylic acids is 1. The number of carboxylic acid groups (broad SMARTS) is 1. The molecule has 0 radical (unpaired) electrons. The molecule has 1 rings (SSSR count). The van der Waals surface area contributed by atoms with Crippen LogP contribution in [0.1, 0.15) is 21.0 Å². The Morgan fingerprint density at radius 1 is 1.47 bits per heavy atom. The number of hydrogen-bond donors (Lipinski definition) is 3. The highest BCUT2D eigenvalue weighted by molar-refractivity contribution is 7.13. The van der Waals surface area contributed by atoms with E-state index in [0.717, 1.165) is 4.88 Å². The van der Waals surface area contributed by atoms with Gasteiger partial charge in [-0.1, -0.05) is 0 Å². The standard InChI is InChI=1S/C9H12N2O3S/c10-8(12)3-4-11-5-6-1-2-7(15-6)9(13)14/h1-2,11H,3-5H2,(H2,10,12)(H,13,14). The summed E-state index contributed by atoms with van der Waals surface area (Å²) in [6, 6.07) is 3.32. The van der Waals surface area contributed by atoms with Crippen LogP contribution >= 0.6 is 11.3 Å². The molecular weight excluding hydrogens is 216 g/mol. The molecule has 0 spiro atoms. The minimum absolute atomic E-state index is 0.289. The van der Waals surface area contributed by atoms with Crippen LogP contribution in [-0.4, -0.2) is 23.5 Å². The zero-order chi connectivity index (χ0) is 11.3. The lowest BCUT2D eigenvalue weighted by Crippen LogP contribution is -2.21. The van der Waals surface area contributed by atoms with Crippen LogP contribution in [0.4, 0.5) is 0 Å². The fraction of sp³-hybridized carbons (Fsp3) is 0.333. The first-order valence-electron chi connectivity index (χ1n) is 4.40. The highest BCUT2D eigenvalue weighted by atomic mass is 32.1. The number of aromatic carboxylic acids is 1. The van der Waals surface area contributed by atoms with Gasteiger partial charge in [0.2, 0.25) is 5.91 Å². The van der Waals surface area contributed by atoms with E-state index in [0.29, 0.717) is 18.0 Å².